The van der Waals surface area contributed by atoms with E-state index in [9.17, 15) is 4.79 Å². The molecular formula is C19H22N4O2. The molecular weight excluding hydrogens is 316 g/mol. The van der Waals surface area contributed by atoms with Gasteiger partial charge < -0.3 is 15.0 Å². The molecule has 1 fully saturated rings. The van der Waals surface area contributed by atoms with E-state index >= 15 is 0 Å². The maximum atomic E-state index is 12.4. The Morgan fingerprint density at radius 1 is 1.24 bits per heavy atom. The number of morpholine rings is 1. The van der Waals surface area contributed by atoms with Crippen LogP contribution in [-0.2, 0) is 4.74 Å². The summed E-state index contributed by atoms with van der Waals surface area (Å²) in [6.07, 6.45) is 2.71. The molecule has 130 valence electrons. The molecule has 4 rings (SSSR count). The highest BCUT2D eigenvalue weighted by atomic mass is 16.5. The lowest BCUT2D eigenvalue weighted by Crippen LogP contribution is -2.38. The Labute approximate surface area is 146 Å². The molecule has 0 atom stereocenters. The van der Waals surface area contributed by atoms with Crippen molar-refractivity contribution >= 4 is 27.7 Å². The van der Waals surface area contributed by atoms with Gasteiger partial charge >= 0.3 is 0 Å². The highest BCUT2D eigenvalue weighted by Crippen LogP contribution is 2.23. The van der Waals surface area contributed by atoms with Crippen LogP contribution in [0.15, 0.2) is 36.5 Å². The molecule has 1 aromatic carbocycles. The Hall–Kier alpha value is -2.44. The van der Waals surface area contributed by atoms with Gasteiger partial charge in [-0.2, -0.15) is 0 Å². The van der Waals surface area contributed by atoms with Crippen LogP contribution in [0.25, 0.3) is 21.8 Å². The van der Waals surface area contributed by atoms with E-state index in [4.69, 9.17) is 4.74 Å². The number of fused-ring (bicyclic) bond motifs is 3. The maximum absolute atomic E-state index is 12.4. The monoisotopic (exact) mass is 338 g/mol. The highest BCUT2D eigenvalue weighted by Gasteiger charge is 2.12. The first kappa shape index (κ1) is 16.1. The Bertz CT molecular complexity index is 883. The van der Waals surface area contributed by atoms with Crippen molar-refractivity contribution in [2.75, 3.05) is 39.4 Å². The number of carbonyl (C=O) groups excluding carboxylic acids is 1. The number of nitrogens with zero attached hydrogens (tertiary/aromatic N) is 2. The highest BCUT2D eigenvalue weighted by molar-refractivity contribution is 6.07. The first-order valence-corrected chi connectivity index (χ1v) is 8.76. The lowest BCUT2D eigenvalue weighted by atomic mass is 10.1. The van der Waals surface area contributed by atoms with Gasteiger partial charge in [0.25, 0.3) is 5.91 Å². The smallest absolute Gasteiger partial charge is 0.267 e. The van der Waals surface area contributed by atoms with Crippen LogP contribution in [0.2, 0.25) is 0 Å². The maximum Gasteiger partial charge on any atom is 0.267 e. The number of aromatic amines is 1. The first-order chi connectivity index (χ1) is 12.3. The van der Waals surface area contributed by atoms with Crippen molar-refractivity contribution in [1.82, 2.24) is 20.2 Å². The fourth-order valence-electron chi connectivity index (χ4n) is 3.29. The second kappa shape index (κ2) is 7.21. The number of hydrogen-bond acceptors (Lipinski definition) is 4. The SMILES string of the molecule is O=C(NCCCN1CCOCC1)c1cc2ccc3cccnc3c2[nH]1. The van der Waals surface area contributed by atoms with Crippen molar-refractivity contribution in [3.63, 3.8) is 0 Å². The number of aromatic nitrogens is 2. The minimum atomic E-state index is -0.0674. The second-order valence-corrected chi connectivity index (χ2v) is 6.35. The summed E-state index contributed by atoms with van der Waals surface area (Å²) in [6, 6.07) is 9.88. The van der Waals surface area contributed by atoms with Gasteiger partial charge in [-0.1, -0.05) is 18.2 Å². The van der Waals surface area contributed by atoms with Gasteiger partial charge in [0.15, 0.2) is 0 Å². The van der Waals surface area contributed by atoms with E-state index in [0.29, 0.717) is 12.2 Å². The van der Waals surface area contributed by atoms with Crippen LogP contribution in [0.1, 0.15) is 16.9 Å². The van der Waals surface area contributed by atoms with Gasteiger partial charge in [-0.05, 0) is 25.1 Å². The van der Waals surface area contributed by atoms with Gasteiger partial charge in [-0.25, -0.2) is 0 Å². The van der Waals surface area contributed by atoms with Crippen molar-refractivity contribution in [3.8, 4) is 0 Å². The normalized spacial score (nSPS) is 15.7. The standard InChI is InChI=1S/C19H22N4O2/c24-19(21-7-2-8-23-9-11-25-12-10-23)16-13-15-5-4-14-3-1-6-20-17(14)18(15)22-16/h1,3-6,13,22H,2,7-12H2,(H,21,24). The number of pyridine rings is 1. The van der Waals surface area contributed by atoms with Crippen LogP contribution in [0.4, 0.5) is 0 Å². The average molecular weight is 338 g/mol. The molecule has 3 heterocycles. The van der Waals surface area contributed by atoms with Crippen molar-refractivity contribution in [3.05, 3.63) is 42.2 Å². The van der Waals surface area contributed by atoms with Crippen LogP contribution < -0.4 is 5.32 Å². The Balaban J connectivity index is 1.39. The zero-order chi connectivity index (χ0) is 17.1. The van der Waals surface area contributed by atoms with Crippen LogP contribution in [0.5, 0.6) is 0 Å². The Morgan fingerprint density at radius 2 is 2.08 bits per heavy atom. The zero-order valence-corrected chi connectivity index (χ0v) is 14.1. The summed E-state index contributed by atoms with van der Waals surface area (Å²) in [5.74, 6) is -0.0674. The summed E-state index contributed by atoms with van der Waals surface area (Å²) in [4.78, 5) is 22.4. The second-order valence-electron chi connectivity index (χ2n) is 6.35. The quantitative estimate of drug-likeness (QED) is 0.700. The molecule has 6 heteroatoms. The molecule has 0 aliphatic carbocycles. The summed E-state index contributed by atoms with van der Waals surface area (Å²) in [5, 5.41) is 5.07. The van der Waals surface area contributed by atoms with E-state index in [1.54, 1.807) is 6.20 Å². The molecule has 3 aromatic rings. The molecule has 0 radical (unpaired) electrons. The van der Waals surface area contributed by atoms with Crippen LogP contribution in [-0.4, -0.2) is 60.2 Å². The Kier molecular flexibility index (Phi) is 4.63. The van der Waals surface area contributed by atoms with E-state index in [-0.39, 0.29) is 5.91 Å². The minimum absolute atomic E-state index is 0.0674. The predicted octanol–water partition coefficient (Wildman–Crippen LogP) is 2.17. The first-order valence-electron chi connectivity index (χ1n) is 8.76. The number of nitrogens with one attached hydrogen (secondary N) is 2. The molecule has 0 spiro atoms. The third kappa shape index (κ3) is 3.50. The van der Waals surface area contributed by atoms with Gasteiger partial charge in [0.1, 0.15) is 5.69 Å². The van der Waals surface area contributed by atoms with Gasteiger partial charge in [0, 0.05) is 36.6 Å². The third-order valence-corrected chi connectivity index (χ3v) is 4.65. The Morgan fingerprint density at radius 3 is 2.96 bits per heavy atom. The van der Waals surface area contributed by atoms with E-state index in [0.717, 1.165) is 61.1 Å². The van der Waals surface area contributed by atoms with Crippen LogP contribution in [0, 0.1) is 0 Å². The van der Waals surface area contributed by atoms with E-state index in [2.05, 4.69) is 20.2 Å². The number of ether oxygens (including phenoxy) is 1. The summed E-state index contributed by atoms with van der Waals surface area (Å²) in [6.45, 7) is 5.24. The number of benzene rings is 1. The minimum Gasteiger partial charge on any atom is -0.379 e. The van der Waals surface area contributed by atoms with Crippen molar-refractivity contribution in [2.24, 2.45) is 0 Å². The lowest BCUT2D eigenvalue weighted by molar-refractivity contribution is 0.0374. The molecule has 25 heavy (non-hydrogen) atoms. The fourth-order valence-corrected chi connectivity index (χ4v) is 3.29. The number of rotatable bonds is 5. The molecule has 1 amide bonds. The summed E-state index contributed by atoms with van der Waals surface area (Å²) in [5.41, 5.74) is 2.39. The number of H-pyrrole nitrogens is 1. The van der Waals surface area contributed by atoms with Gasteiger partial charge in [0.05, 0.1) is 24.2 Å². The molecule has 2 aromatic heterocycles. The summed E-state index contributed by atoms with van der Waals surface area (Å²) >= 11 is 0. The van der Waals surface area contributed by atoms with E-state index in [1.807, 2.05) is 30.3 Å². The molecule has 1 aliphatic rings. The van der Waals surface area contributed by atoms with Crippen molar-refractivity contribution < 1.29 is 9.53 Å². The predicted molar refractivity (Wildman–Crippen MR) is 97.8 cm³/mol. The molecule has 1 aliphatic heterocycles. The van der Waals surface area contributed by atoms with Gasteiger partial charge in [-0.3, -0.25) is 14.7 Å². The molecule has 0 saturated carbocycles. The summed E-state index contributed by atoms with van der Waals surface area (Å²) < 4.78 is 5.34. The topological polar surface area (TPSA) is 70.2 Å². The number of amides is 1. The van der Waals surface area contributed by atoms with Gasteiger partial charge in [-0.15, -0.1) is 0 Å². The molecule has 6 nitrogen and oxygen atoms in total. The number of hydrogen-bond donors (Lipinski definition) is 2. The number of carbonyl (C=O) groups is 1. The largest absolute Gasteiger partial charge is 0.379 e. The molecule has 2 N–H and O–H groups in total. The lowest BCUT2D eigenvalue weighted by Gasteiger charge is -2.26. The molecule has 0 unspecified atom stereocenters. The van der Waals surface area contributed by atoms with E-state index < -0.39 is 0 Å². The zero-order valence-electron chi connectivity index (χ0n) is 14.1. The van der Waals surface area contributed by atoms with Crippen LogP contribution in [0.3, 0.4) is 0 Å². The summed E-state index contributed by atoms with van der Waals surface area (Å²) in [7, 11) is 0. The molecule has 0 bridgehead atoms. The molecule has 1 saturated heterocycles. The van der Waals surface area contributed by atoms with Crippen molar-refractivity contribution in [1.29, 1.82) is 0 Å². The fraction of sp³-hybridized carbons (Fsp3) is 0.368. The third-order valence-electron chi connectivity index (χ3n) is 4.65. The van der Waals surface area contributed by atoms with Gasteiger partial charge in [0.2, 0.25) is 0 Å². The van der Waals surface area contributed by atoms with Crippen molar-refractivity contribution in [2.45, 2.75) is 6.42 Å². The van der Waals surface area contributed by atoms with Crippen LogP contribution >= 0.6 is 0 Å². The van der Waals surface area contributed by atoms with E-state index in [1.165, 1.54) is 0 Å². The average Bonchev–Trinajstić information content (AvgIpc) is 3.11.